The van der Waals surface area contributed by atoms with E-state index in [9.17, 15) is 14.4 Å². The first kappa shape index (κ1) is 51.3. The molecular formula is C41H66N4O14. The lowest BCUT2D eigenvalue weighted by Crippen LogP contribution is -2.41. The first-order valence-corrected chi connectivity index (χ1v) is 20.0. The molecule has 0 aliphatic rings. The molecule has 0 amide bonds. The number of H-pyrrole nitrogens is 1. The predicted octanol–water partition coefficient (Wildman–Crippen LogP) is 2.72. The van der Waals surface area contributed by atoms with Crippen LogP contribution in [0.3, 0.4) is 0 Å². The standard InChI is InChI=1S/C22H26N4O4.C19H40O10/c1-13(2)11-25-20-18(21(29)26(22(25)30)12-14(3)4)23-19(24-20)16-8-5-15(6-9-16)7-10-17(27)28;1-21-4-5-23-8-9-25-12-13-27-16-17-29-19-18-28-15-14-26-11-10-24-7-6-22-3-2-20/h5-10,13-14H,11-12H2,1-4H3,(H,23,24)(H,27,28);20H,2-19H2,1H3/b10-7+;. The topological polar surface area (TPSA) is 213 Å². The van der Waals surface area contributed by atoms with Gasteiger partial charge in [0.15, 0.2) is 5.65 Å². The van der Waals surface area contributed by atoms with Crippen molar-refractivity contribution in [3.63, 3.8) is 0 Å². The van der Waals surface area contributed by atoms with Crippen molar-refractivity contribution in [2.45, 2.75) is 40.8 Å². The summed E-state index contributed by atoms with van der Waals surface area (Å²) in [5, 5.41) is 17.3. The normalized spacial score (nSPS) is 11.7. The Morgan fingerprint density at radius 1 is 0.661 bits per heavy atom. The smallest absolute Gasteiger partial charge is 0.332 e. The van der Waals surface area contributed by atoms with E-state index >= 15 is 0 Å². The fraction of sp³-hybridized carbons (Fsp3) is 0.659. The third-order valence-corrected chi connectivity index (χ3v) is 7.83. The Morgan fingerprint density at radius 2 is 1.07 bits per heavy atom. The van der Waals surface area contributed by atoms with Gasteiger partial charge in [-0.25, -0.2) is 14.6 Å². The van der Waals surface area contributed by atoms with Crippen molar-refractivity contribution in [2.24, 2.45) is 11.8 Å². The summed E-state index contributed by atoms with van der Waals surface area (Å²) in [6.45, 7) is 17.6. The van der Waals surface area contributed by atoms with Crippen LogP contribution in [0.2, 0.25) is 0 Å². The summed E-state index contributed by atoms with van der Waals surface area (Å²) in [5.41, 5.74) is 1.40. The third kappa shape index (κ3) is 22.4. The highest BCUT2D eigenvalue weighted by Crippen LogP contribution is 2.20. The number of aliphatic carboxylic acids is 1. The van der Waals surface area contributed by atoms with Gasteiger partial charge in [0.25, 0.3) is 5.56 Å². The van der Waals surface area contributed by atoms with Crippen molar-refractivity contribution in [3.8, 4) is 11.4 Å². The molecule has 0 saturated carbocycles. The van der Waals surface area contributed by atoms with E-state index in [1.54, 1.807) is 35.9 Å². The molecule has 0 fully saturated rings. The number of fused-ring (bicyclic) bond motifs is 1. The zero-order chi connectivity index (χ0) is 43.1. The number of hydrogen-bond acceptors (Lipinski definition) is 14. The number of carboxylic acid groups (broad SMARTS) is 1. The zero-order valence-corrected chi connectivity index (χ0v) is 35.4. The average molecular weight is 839 g/mol. The number of ether oxygens (including phenoxy) is 9. The van der Waals surface area contributed by atoms with Crippen LogP contribution in [-0.4, -0.2) is 161 Å². The number of aliphatic hydroxyl groups excluding tert-OH is 1. The minimum absolute atomic E-state index is 0.0322. The number of carbonyl (C=O) groups is 1. The fourth-order valence-electron chi connectivity index (χ4n) is 5.13. The second kappa shape index (κ2) is 32.0. The molecule has 3 rings (SSSR count). The molecule has 0 aliphatic carbocycles. The maximum atomic E-state index is 13.0. The van der Waals surface area contributed by atoms with E-state index in [-0.39, 0.29) is 29.7 Å². The monoisotopic (exact) mass is 838 g/mol. The number of nitrogens with one attached hydrogen (secondary N) is 1. The van der Waals surface area contributed by atoms with Crippen LogP contribution >= 0.6 is 0 Å². The zero-order valence-electron chi connectivity index (χ0n) is 35.4. The molecule has 3 aromatic rings. The van der Waals surface area contributed by atoms with E-state index in [0.717, 1.165) is 17.2 Å². The summed E-state index contributed by atoms with van der Waals surface area (Å²) in [4.78, 5) is 44.3. The lowest BCUT2D eigenvalue weighted by atomic mass is 10.1. The minimum Gasteiger partial charge on any atom is -0.478 e. The quantitative estimate of drug-likeness (QED) is 0.0595. The Bertz CT molecular complexity index is 1660. The van der Waals surface area contributed by atoms with Gasteiger partial charge >= 0.3 is 11.7 Å². The first-order valence-electron chi connectivity index (χ1n) is 20.0. The van der Waals surface area contributed by atoms with E-state index in [2.05, 4.69) is 9.97 Å². The second-order valence-corrected chi connectivity index (χ2v) is 13.8. The number of methoxy groups -OCH3 is 1. The number of hydrogen-bond donors (Lipinski definition) is 3. The number of rotatable bonds is 33. The largest absolute Gasteiger partial charge is 0.478 e. The minimum atomic E-state index is -1.02. The SMILES string of the molecule is CC(C)Cn1c(=O)c2[nH]c(-c3ccc(/C=C/C(=O)O)cc3)nc2n(CC(C)C)c1=O.COCCOCCOCCOCCOCCOCCOCCOCCOCCO. The van der Waals surface area contributed by atoms with Crippen LogP contribution in [0.1, 0.15) is 33.3 Å². The van der Waals surface area contributed by atoms with E-state index in [4.69, 9.17) is 52.8 Å². The number of aromatic nitrogens is 4. The number of carboxylic acids is 1. The highest BCUT2D eigenvalue weighted by Gasteiger charge is 2.19. The Kier molecular flexibility index (Phi) is 27.8. The summed E-state index contributed by atoms with van der Waals surface area (Å²) < 4.78 is 50.3. The summed E-state index contributed by atoms with van der Waals surface area (Å²) >= 11 is 0. The Hall–Kier alpha value is -3.82. The van der Waals surface area contributed by atoms with Crippen molar-refractivity contribution in [3.05, 3.63) is 56.7 Å². The highest BCUT2D eigenvalue weighted by molar-refractivity contribution is 5.85. The summed E-state index contributed by atoms with van der Waals surface area (Å²) in [5.74, 6) is -0.183. The van der Waals surface area contributed by atoms with E-state index in [1.807, 2.05) is 27.7 Å². The van der Waals surface area contributed by atoms with Crippen LogP contribution in [0.5, 0.6) is 0 Å². The second-order valence-electron chi connectivity index (χ2n) is 13.8. The lowest BCUT2D eigenvalue weighted by Gasteiger charge is -2.14. The van der Waals surface area contributed by atoms with E-state index in [0.29, 0.717) is 142 Å². The van der Waals surface area contributed by atoms with E-state index < -0.39 is 5.97 Å². The number of nitrogens with zero attached hydrogens (tertiary/aromatic N) is 3. The van der Waals surface area contributed by atoms with Crippen LogP contribution in [0, 0.1) is 11.8 Å². The van der Waals surface area contributed by atoms with Gasteiger partial charge in [-0.3, -0.25) is 13.9 Å². The van der Waals surface area contributed by atoms with Crippen LogP contribution in [-0.2, 0) is 60.5 Å². The number of benzene rings is 1. The summed E-state index contributed by atoms with van der Waals surface area (Å²) in [7, 11) is 1.64. The molecular weight excluding hydrogens is 772 g/mol. The third-order valence-electron chi connectivity index (χ3n) is 7.83. The van der Waals surface area contributed by atoms with Gasteiger partial charge in [-0.15, -0.1) is 0 Å². The van der Waals surface area contributed by atoms with Crippen LogP contribution < -0.4 is 11.2 Å². The van der Waals surface area contributed by atoms with Crippen molar-refractivity contribution in [1.82, 2.24) is 19.1 Å². The molecule has 3 N–H and O–H groups in total. The molecule has 59 heavy (non-hydrogen) atoms. The molecule has 0 saturated heterocycles. The van der Waals surface area contributed by atoms with Gasteiger partial charge in [-0.2, -0.15) is 0 Å². The number of aromatic amines is 1. The number of imidazole rings is 1. The molecule has 2 aromatic heterocycles. The molecule has 1 aromatic carbocycles. The van der Waals surface area contributed by atoms with Gasteiger partial charge in [0.05, 0.1) is 119 Å². The molecule has 0 unspecified atom stereocenters. The molecule has 0 radical (unpaired) electrons. The molecule has 0 spiro atoms. The summed E-state index contributed by atoms with van der Waals surface area (Å²) in [6, 6.07) is 7.11. The van der Waals surface area contributed by atoms with Crippen LogP contribution in [0.25, 0.3) is 28.6 Å². The fourth-order valence-corrected chi connectivity index (χ4v) is 5.13. The molecule has 2 heterocycles. The Balaban J connectivity index is 0.000000407. The first-order chi connectivity index (χ1) is 28.6. The van der Waals surface area contributed by atoms with Crippen molar-refractivity contribution >= 4 is 23.2 Å². The molecule has 18 heteroatoms. The van der Waals surface area contributed by atoms with Gasteiger partial charge in [0.2, 0.25) is 0 Å². The Labute approximate surface area is 346 Å². The number of aliphatic hydroxyl groups is 1. The van der Waals surface area contributed by atoms with Gasteiger partial charge in [-0.1, -0.05) is 52.0 Å². The highest BCUT2D eigenvalue weighted by atomic mass is 16.6. The van der Waals surface area contributed by atoms with Crippen molar-refractivity contribution < 1.29 is 57.6 Å². The Morgan fingerprint density at radius 3 is 1.46 bits per heavy atom. The average Bonchev–Trinajstić information content (AvgIpc) is 3.66. The van der Waals surface area contributed by atoms with Gasteiger partial charge < -0.3 is 57.8 Å². The van der Waals surface area contributed by atoms with Crippen LogP contribution in [0.15, 0.2) is 39.9 Å². The van der Waals surface area contributed by atoms with Gasteiger partial charge in [-0.05, 0) is 23.5 Å². The predicted molar refractivity (Wildman–Crippen MR) is 222 cm³/mol. The molecule has 0 bridgehead atoms. The maximum absolute atomic E-state index is 13.0. The molecule has 0 aliphatic heterocycles. The van der Waals surface area contributed by atoms with E-state index in [1.165, 1.54) is 10.6 Å². The van der Waals surface area contributed by atoms with Crippen molar-refractivity contribution in [1.29, 1.82) is 0 Å². The molecule has 0 atom stereocenters. The van der Waals surface area contributed by atoms with Crippen molar-refractivity contribution in [2.75, 3.05) is 126 Å². The van der Waals surface area contributed by atoms with Crippen LogP contribution in [0.4, 0.5) is 0 Å². The summed E-state index contributed by atoms with van der Waals surface area (Å²) in [6.07, 6.45) is 2.56. The molecule has 334 valence electrons. The lowest BCUT2D eigenvalue weighted by molar-refractivity contribution is -0.131. The maximum Gasteiger partial charge on any atom is 0.332 e. The van der Waals surface area contributed by atoms with Gasteiger partial charge in [0.1, 0.15) is 11.3 Å². The van der Waals surface area contributed by atoms with Gasteiger partial charge in [0, 0.05) is 31.8 Å². The molecule has 18 nitrogen and oxygen atoms in total.